The first-order chi connectivity index (χ1) is 17.8. The van der Waals surface area contributed by atoms with Crippen molar-refractivity contribution in [2.24, 2.45) is 5.41 Å². The standard InChI is InChI=1S/C28H39N6O3Si/c1-9-36-15-21-33-23-24(34(21)16-28(5,6)35)22-20(32-26(23)29)11-18(14-31-22)17-10-19(13-30-12-17)25(27(2,3)4)37-38(7)8/h10-14,25,35H,9,15-16H2,1-8H3,(H2,29,32). The molecular weight excluding hydrogens is 496 g/mol. The lowest BCUT2D eigenvalue weighted by Crippen LogP contribution is -2.27. The summed E-state index contributed by atoms with van der Waals surface area (Å²) in [5.74, 6) is 0.987. The van der Waals surface area contributed by atoms with Crippen LogP contribution in [0.15, 0.2) is 30.7 Å². The molecule has 0 aliphatic heterocycles. The van der Waals surface area contributed by atoms with Crippen molar-refractivity contribution in [1.82, 2.24) is 24.5 Å². The Morgan fingerprint density at radius 3 is 2.37 bits per heavy atom. The number of hydrogen-bond donors (Lipinski definition) is 2. The van der Waals surface area contributed by atoms with E-state index in [1.165, 1.54) is 0 Å². The second kappa shape index (κ2) is 10.7. The largest absolute Gasteiger partial charge is 0.410 e. The molecule has 1 unspecified atom stereocenters. The third-order valence-electron chi connectivity index (χ3n) is 6.14. The fourth-order valence-electron chi connectivity index (χ4n) is 4.58. The molecule has 0 bridgehead atoms. The Balaban J connectivity index is 1.85. The number of nitrogens with two attached hydrogens (primary N) is 1. The second-order valence-corrected chi connectivity index (χ2v) is 13.7. The van der Waals surface area contributed by atoms with E-state index >= 15 is 0 Å². The van der Waals surface area contributed by atoms with Gasteiger partial charge in [-0.3, -0.25) is 9.97 Å². The van der Waals surface area contributed by atoms with Crippen LogP contribution < -0.4 is 5.73 Å². The summed E-state index contributed by atoms with van der Waals surface area (Å²) in [4.78, 5) is 18.7. The first kappa shape index (κ1) is 28.1. The van der Waals surface area contributed by atoms with Gasteiger partial charge in [0, 0.05) is 36.3 Å². The van der Waals surface area contributed by atoms with Crippen molar-refractivity contribution in [2.75, 3.05) is 12.3 Å². The van der Waals surface area contributed by atoms with E-state index in [1.807, 2.05) is 36.1 Å². The lowest BCUT2D eigenvalue weighted by Gasteiger charge is -2.32. The van der Waals surface area contributed by atoms with Gasteiger partial charge in [0.2, 0.25) is 9.04 Å². The van der Waals surface area contributed by atoms with E-state index in [-0.39, 0.29) is 11.5 Å². The molecule has 0 aliphatic carbocycles. The van der Waals surface area contributed by atoms with Crippen LogP contribution in [0.25, 0.3) is 33.2 Å². The molecule has 4 heterocycles. The molecule has 10 heteroatoms. The van der Waals surface area contributed by atoms with Crippen LogP contribution in [-0.4, -0.2) is 50.9 Å². The molecule has 0 saturated carbocycles. The Labute approximate surface area is 226 Å². The molecule has 4 aromatic heterocycles. The second-order valence-electron chi connectivity index (χ2n) is 11.6. The van der Waals surface area contributed by atoms with Crippen molar-refractivity contribution in [2.45, 2.75) is 79.5 Å². The predicted molar refractivity (Wildman–Crippen MR) is 153 cm³/mol. The number of fused-ring (bicyclic) bond motifs is 3. The molecule has 203 valence electrons. The quantitative estimate of drug-likeness (QED) is 0.278. The van der Waals surface area contributed by atoms with Gasteiger partial charge in [-0.2, -0.15) is 0 Å². The summed E-state index contributed by atoms with van der Waals surface area (Å²) in [7, 11) is -0.913. The molecule has 0 amide bonds. The van der Waals surface area contributed by atoms with Gasteiger partial charge in [0.15, 0.2) is 5.82 Å². The van der Waals surface area contributed by atoms with Crippen LogP contribution in [0.1, 0.15) is 59.0 Å². The number of rotatable bonds is 9. The van der Waals surface area contributed by atoms with Gasteiger partial charge in [0.05, 0.1) is 23.8 Å². The molecule has 38 heavy (non-hydrogen) atoms. The zero-order chi connectivity index (χ0) is 27.8. The minimum absolute atomic E-state index is 0.0689. The molecular formula is C28H39N6O3Si. The Morgan fingerprint density at radius 1 is 1.03 bits per heavy atom. The minimum atomic E-state index is -0.977. The van der Waals surface area contributed by atoms with Gasteiger partial charge in [-0.15, -0.1) is 0 Å². The van der Waals surface area contributed by atoms with Crippen LogP contribution in [0, 0.1) is 5.41 Å². The Kier molecular flexibility index (Phi) is 7.90. The van der Waals surface area contributed by atoms with Crippen LogP contribution >= 0.6 is 0 Å². The number of ether oxygens (including phenoxy) is 1. The molecule has 9 nitrogen and oxygen atoms in total. The molecule has 0 aliphatic rings. The van der Waals surface area contributed by atoms with Gasteiger partial charge in [0.1, 0.15) is 29.0 Å². The summed E-state index contributed by atoms with van der Waals surface area (Å²) < 4.78 is 14.0. The number of pyridine rings is 3. The molecule has 1 radical (unpaired) electrons. The van der Waals surface area contributed by atoms with Crippen molar-refractivity contribution in [1.29, 1.82) is 0 Å². The smallest absolute Gasteiger partial charge is 0.205 e. The average molecular weight is 536 g/mol. The Bertz CT molecular complexity index is 1440. The van der Waals surface area contributed by atoms with Crippen LogP contribution in [-0.2, 0) is 22.3 Å². The SMILES string of the molecule is CCOCc1nc2c(N)nc3cc(-c4cncc(C(O[Si](C)C)C(C)(C)C)c4)cnc3c2n1CC(C)(C)O. The van der Waals surface area contributed by atoms with Gasteiger partial charge in [-0.05, 0) is 57.0 Å². The highest BCUT2D eigenvalue weighted by Crippen LogP contribution is 2.38. The number of nitrogen functional groups attached to an aromatic ring is 1. The van der Waals surface area contributed by atoms with E-state index < -0.39 is 14.6 Å². The summed E-state index contributed by atoms with van der Waals surface area (Å²) in [5.41, 5.74) is 10.8. The topological polar surface area (TPSA) is 121 Å². The van der Waals surface area contributed by atoms with E-state index in [1.54, 1.807) is 13.8 Å². The zero-order valence-electron chi connectivity index (χ0n) is 23.7. The Hall–Kier alpha value is -2.92. The van der Waals surface area contributed by atoms with Crippen molar-refractivity contribution >= 4 is 36.9 Å². The molecule has 0 fully saturated rings. The van der Waals surface area contributed by atoms with Gasteiger partial charge < -0.3 is 24.6 Å². The van der Waals surface area contributed by atoms with E-state index in [9.17, 15) is 5.11 Å². The third-order valence-corrected chi connectivity index (χ3v) is 6.85. The van der Waals surface area contributed by atoms with Crippen LogP contribution in [0.4, 0.5) is 5.82 Å². The van der Waals surface area contributed by atoms with Crippen molar-refractivity contribution in [3.63, 3.8) is 0 Å². The van der Waals surface area contributed by atoms with Crippen molar-refractivity contribution in [3.05, 3.63) is 42.1 Å². The fraction of sp³-hybridized carbons (Fsp3) is 0.500. The summed E-state index contributed by atoms with van der Waals surface area (Å²) in [6.07, 6.45) is 5.47. The minimum Gasteiger partial charge on any atom is -0.410 e. The zero-order valence-corrected chi connectivity index (χ0v) is 24.7. The maximum Gasteiger partial charge on any atom is 0.205 e. The van der Waals surface area contributed by atoms with Crippen molar-refractivity contribution < 1.29 is 14.3 Å². The Morgan fingerprint density at radius 2 is 1.74 bits per heavy atom. The summed E-state index contributed by atoms with van der Waals surface area (Å²) in [6, 6.07) is 4.10. The van der Waals surface area contributed by atoms with Gasteiger partial charge in [-0.1, -0.05) is 20.8 Å². The summed E-state index contributed by atoms with van der Waals surface area (Å²) >= 11 is 0. The fourth-order valence-corrected chi connectivity index (χ4v) is 5.54. The average Bonchev–Trinajstić information content (AvgIpc) is 3.17. The molecule has 0 saturated heterocycles. The normalized spacial score (nSPS) is 13.6. The highest BCUT2D eigenvalue weighted by atomic mass is 28.3. The summed E-state index contributed by atoms with van der Waals surface area (Å²) in [5, 5.41) is 10.6. The van der Waals surface area contributed by atoms with E-state index in [0.29, 0.717) is 48.0 Å². The number of aromatic nitrogens is 5. The number of nitrogens with zero attached hydrogens (tertiary/aromatic N) is 5. The monoisotopic (exact) mass is 535 g/mol. The first-order valence-electron chi connectivity index (χ1n) is 12.9. The molecule has 1 atom stereocenters. The third kappa shape index (κ3) is 6.04. The highest BCUT2D eigenvalue weighted by molar-refractivity contribution is 6.48. The lowest BCUT2D eigenvalue weighted by molar-refractivity contribution is 0.0582. The first-order valence-corrected chi connectivity index (χ1v) is 15.4. The van der Waals surface area contributed by atoms with E-state index in [2.05, 4.69) is 49.9 Å². The highest BCUT2D eigenvalue weighted by Gasteiger charge is 2.29. The van der Waals surface area contributed by atoms with Crippen LogP contribution in [0.3, 0.4) is 0 Å². The number of anilines is 1. The van der Waals surface area contributed by atoms with E-state index in [4.69, 9.17) is 24.9 Å². The number of imidazole rings is 1. The van der Waals surface area contributed by atoms with Crippen molar-refractivity contribution in [3.8, 4) is 11.1 Å². The number of hydrogen-bond acceptors (Lipinski definition) is 8. The maximum atomic E-state index is 10.6. The van der Waals surface area contributed by atoms with Gasteiger partial charge >= 0.3 is 0 Å². The molecule has 0 aromatic carbocycles. The van der Waals surface area contributed by atoms with Gasteiger partial charge in [0.25, 0.3) is 0 Å². The lowest BCUT2D eigenvalue weighted by atomic mass is 9.85. The van der Waals surface area contributed by atoms with Crippen LogP contribution in [0.5, 0.6) is 0 Å². The molecule has 3 N–H and O–H groups in total. The number of aliphatic hydroxyl groups is 1. The summed E-state index contributed by atoms with van der Waals surface area (Å²) in [6.45, 7) is 17.5. The predicted octanol–water partition coefficient (Wildman–Crippen LogP) is 5.29. The van der Waals surface area contributed by atoms with Gasteiger partial charge in [-0.25, -0.2) is 9.97 Å². The molecule has 0 spiro atoms. The van der Waals surface area contributed by atoms with Crippen LogP contribution in [0.2, 0.25) is 13.1 Å². The van der Waals surface area contributed by atoms with E-state index in [0.717, 1.165) is 22.2 Å². The molecule has 4 aromatic rings. The maximum absolute atomic E-state index is 10.6. The molecule has 4 rings (SSSR count).